The van der Waals surface area contributed by atoms with Gasteiger partial charge in [-0.1, -0.05) is 56.5 Å². The molecule has 0 bridgehead atoms. The van der Waals surface area contributed by atoms with E-state index in [1.807, 2.05) is 6.07 Å². The highest BCUT2D eigenvalue weighted by Crippen LogP contribution is 2.52. The largest absolute Gasteiger partial charge is 0.412 e. The third-order valence-corrected chi connectivity index (χ3v) is 7.83. The molecule has 1 unspecified atom stereocenters. The number of amides is 1. The van der Waals surface area contributed by atoms with Gasteiger partial charge in [0.2, 0.25) is 0 Å². The maximum atomic E-state index is 12.5. The first kappa shape index (κ1) is 21.3. The summed E-state index contributed by atoms with van der Waals surface area (Å²) in [7, 11) is 2.20. The molecule has 2 aromatic carbocycles. The lowest BCUT2D eigenvalue weighted by Gasteiger charge is -2.34. The van der Waals surface area contributed by atoms with E-state index in [4.69, 9.17) is 4.74 Å². The number of nitrogens with zero attached hydrogens (tertiary/aromatic N) is 2. The molecule has 0 aromatic heterocycles. The minimum absolute atomic E-state index is 0.0417. The molecule has 2 aliphatic heterocycles. The molecule has 1 N–H and O–H groups in total. The van der Waals surface area contributed by atoms with Crippen molar-refractivity contribution in [3.05, 3.63) is 59.7 Å². The van der Waals surface area contributed by atoms with Gasteiger partial charge in [-0.3, -0.25) is 4.90 Å². The quantitative estimate of drug-likeness (QED) is 0.713. The number of carbonyl (C=O) groups excluding carboxylic acids is 1. The average molecular weight is 434 g/mol. The van der Waals surface area contributed by atoms with Gasteiger partial charge in [-0.25, -0.2) is 4.79 Å². The fourth-order valence-electron chi connectivity index (χ4n) is 6.15. The van der Waals surface area contributed by atoms with E-state index in [9.17, 15) is 4.79 Å². The van der Waals surface area contributed by atoms with Gasteiger partial charge in [0, 0.05) is 37.3 Å². The average Bonchev–Trinajstić information content (AvgIpc) is 3.25. The van der Waals surface area contributed by atoms with Crippen LogP contribution in [0.1, 0.15) is 56.6 Å². The number of nitrogens with one attached hydrogen (secondary N) is 1. The van der Waals surface area contributed by atoms with Crippen LogP contribution in [0.2, 0.25) is 0 Å². The van der Waals surface area contributed by atoms with E-state index in [0.29, 0.717) is 11.9 Å². The lowest BCUT2D eigenvalue weighted by Crippen LogP contribution is -2.47. The van der Waals surface area contributed by atoms with Gasteiger partial charge in [0.15, 0.2) is 0 Å². The van der Waals surface area contributed by atoms with Crippen molar-refractivity contribution in [2.45, 2.75) is 69.5 Å². The van der Waals surface area contributed by atoms with Gasteiger partial charge in [0.25, 0.3) is 0 Å². The van der Waals surface area contributed by atoms with Crippen LogP contribution in [0.3, 0.4) is 0 Å². The molecule has 0 radical (unpaired) electrons. The normalized spacial score (nSPS) is 25.4. The smallest absolute Gasteiger partial charge is 0.410 e. The van der Waals surface area contributed by atoms with E-state index in [0.717, 1.165) is 38.8 Å². The molecule has 2 aromatic rings. The van der Waals surface area contributed by atoms with Gasteiger partial charge in [0.05, 0.1) is 6.17 Å². The molecule has 5 heteroatoms. The zero-order valence-electron chi connectivity index (χ0n) is 19.3. The SMILES string of the molecule is CN1c2ccc(OC(=O)NC3CCCCC3)cc2[C@]2(C)CCN(CCc3ccccc3)C12. The molecule has 5 rings (SSSR count). The Morgan fingerprint density at radius 3 is 2.69 bits per heavy atom. The second kappa shape index (κ2) is 8.78. The van der Waals surface area contributed by atoms with Crippen LogP contribution in [-0.2, 0) is 11.8 Å². The lowest BCUT2D eigenvalue weighted by atomic mass is 9.81. The zero-order valence-corrected chi connectivity index (χ0v) is 19.3. The first-order valence-electron chi connectivity index (χ1n) is 12.2. The maximum Gasteiger partial charge on any atom is 0.412 e. The molecule has 0 spiro atoms. The van der Waals surface area contributed by atoms with E-state index in [-0.39, 0.29) is 17.6 Å². The number of likely N-dealkylation sites (tertiary alicyclic amines) is 1. The summed E-state index contributed by atoms with van der Waals surface area (Å²) >= 11 is 0. The molecule has 3 aliphatic rings. The molecule has 2 atom stereocenters. The summed E-state index contributed by atoms with van der Waals surface area (Å²) in [5.41, 5.74) is 3.98. The first-order chi connectivity index (χ1) is 15.5. The number of anilines is 1. The number of ether oxygens (including phenoxy) is 1. The molecule has 1 saturated carbocycles. The van der Waals surface area contributed by atoms with Crippen molar-refractivity contribution in [3.63, 3.8) is 0 Å². The number of likely N-dealkylation sites (N-methyl/N-ethyl adjacent to an activating group) is 1. The Morgan fingerprint density at radius 2 is 1.91 bits per heavy atom. The number of carbonyl (C=O) groups is 1. The van der Waals surface area contributed by atoms with Crippen LogP contribution in [0, 0.1) is 0 Å². The van der Waals surface area contributed by atoms with Gasteiger partial charge in [0.1, 0.15) is 5.75 Å². The fraction of sp³-hybridized carbons (Fsp3) is 0.519. The molecule has 170 valence electrons. The van der Waals surface area contributed by atoms with Crippen molar-refractivity contribution in [2.75, 3.05) is 25.0 Å². The van der Waals surface area contributed by atoms with Gasteiger partial charge < -0.3 is 15.0 Å². The van der Waals surface area contributed by atoms with E-state index >= 15 is 0 Å². The Labute approximate surface area is 191 Å². The van der Waals surface area contributed by atoms with Crippen molar-refractivity contribution in [3.8, 4) is 5.75 Å². The van der Waals surface area contributed by atoms with Crippen LogP contribution in [0.4, 0.5) is 10.5 Å². The van der Waals surface area contributed by atoms with Crippen LogP contribution < -0.4 is 15.0 Å². The predicted molar refractivity (Wildman–Crippen MR) is 128 cm³/mol. The van der Waals surface area contributed by atoms with E-state index in [1.165, 1.54) is 36.1 Å². The highest BCUT2D eigenvalue weighted by molar-refractivity contribution is 5.72. The molecular formula is C27H35N3O2. The molecule has 1 saturated heterocycles. The highest BCUT2D eigenvalue weighted by Gasteiger charge is 2.53. The molecule has 2 fully saturated rings. The molecular weight excluding hydrogens is 398 g/mol. The van der Waals surface area contributed by atoms with Crippen LogP contribution >= 0.6 is 0 Å². The van der Waals surface area contributed by atoms with E-state index in [1.54, 1.807) is 0 Å². The Kier molecular flexibility index (Phi) is 5.85. The second-order valence-electron chi connectivity index (χ2n) is 9.97. The second-order valence-corrected chi connectivity index (χ2v) is 9.97. The monoisotopic (exact) mass is 433 g/mol. The van der Waals surface area contributed by atoms with Crippen LogP contribution in [0.25, 0.3) is 0 Å². The third-order valence-electron chi connectivity index (χ3n) is 7.83. The Morgan fingerprint density at radius 1 is 1.12 bits per heavy atom. The number of rotatable bonds is 5. The van der Waals surface area contributed by atoms with Gasteiger partial charge in [-0.2, -0.15) is 0 Å². The van der Waals surface area contributed by atoms with Crippen LogP contribution in [0.15, 0.2) is 48.5 Å². The fourth-order valence-corrected chi connectivity index (χ4v) is 6.15. The van der Waals surface area contributed by atoms with E-state index < -0.39 is 0 Å². The predicted octanol–water partition coefficient (Wildman–Crippen LogP) is 5.09. The van der Waals surface area contributed by atoms with E-state index in [2.05, 4.69) is 71.6 Å². The molecule has 1 amide bonds. The topological polar surface area (TPSA) is 44.8 Å². The van der Waals surface area contributed by atoms with Gasteiger partial charge in [-0.15, -0.1) is 0 Å². The minimum Gasteiger partial charge on any atom is -0.410 e. The standard InChI is InChI=1S/C27H35N3O2/c1-27-16-18-30(17-15-20-9-5-3-6-10-20)25(27)29(2)24-14-13-22(19-23(24)27)32-26(31)28-21-11-7-4-8-12-21/h3,5-6,9-10,13-14,19,21,25H,4,7-8,11-12,15-18H2,1-2H3,(H,28,31)/t25?,27-/m0/s1. The highest BCUT2D eigenvalue weighted by atomic mass is 16.6. The summed E-state index contributed by atoms with van der Waals surface area (Å²) in [4.78, 5) is 17.5. The van der Waals surface area contributed by atoms with Crippen LogP contribution in [0.5, 0.6) is 5.75 Å². The molecule has 32 heavy (non-hydrogen) atoms. The summed E-state index contributed by atoms with van der Waals surface area (Å²) in [6.07, 6.45) is 7.97. The molecule has 2 heterocycles. The number of fused-ring (bicyclic) bond motifs is 3. The molecule has 1 aliphatic carbocycles. The van der Waals surface area contributed by atoms with Gasteiger partial charge in [-0.05, 0) is 55.0 Å². The van der Waals surface area contributed by atoms with Crippen molar-refractivity contribution in [1.29, 1.82) is 0 Å². The summed E-state index contributed by atoms with van der Waals surface area (Å²) in [6, 6.07) is 17.2. The third kappa shape index (κ3) is 3.99. The first-order valence-corrected chi connectivity index (χ1v) is 12.2. The number of benzene rings is 2. The number of hydrogen-bond donors (Lipinski definition) is 1. The number of hydrogen-bond acceptors (Lipinski definition) is 4. The van der Waals surface area contributed by atoms with Crippen molar-refractivity contribution in [2.24, 2.45) is 0 Å². The Balaban J connectivity index is 1.28. The van der Waals surface area contributed by atoms with Gasteiger partial charge >= 0.3 is 6.09 Å². The Hall–Kier alpha value is -2.53. The zero-order chi connectivity index (χ0) is 22.1. The van der Waals surface area contributed by atoms with Crippen LogP contribution in [-0.4, -0.2) is 43.3 Å². The summed E-state index contributed by atoms with van der Waals surface area (Å²) in [6.45, 7) is 4.51. The summed E-state index contributed by atoms with van der Waals surface area (Å²) in [5.74, 6) is 0.648. The van der Waals surface area contributed by atoms with Crippen molar-refractivity contribution >= 4 is 11.8 Å². The van der Waals surface area contributed by atoms with Crippen molar-refractivity contribution < 1.29 is 9.53 Å². The summed E-state index contributed by atoms with van der Waals surface area (Å²) in [5, 5.41) is 3.06. The summed E-state index contributed by atoms with van der Waals surface area (Å²) < 4.78 is 5.72. The maximum absolute atomic E-state index is 12.5. The minimum atomic E-state index is -0.319. The van der Waals surface area contributed by atoms with Crippen molar-refractivity contribution in [1.82, 2.24) is 10.2 Å². The molecule has 5 nitrogen and oxygen atoms in total. The lowest BCUT2D eigenvalue weighted by molar-refractivity contribution is 0.192. The Bertz CT molecular complexity index is 957.